The van der Waals surface area contributed by atoms with E-state index in [1.54, 1.807) is 12.1 Å². The van der Waals surface area contributed by atoms with Crippen molar-refractivity contribution in [1.82, 2.24) is 0 Å². The van der Waals surface area contributed by atoms with Gasteiger partial charge in [-0.3, -0.25) is 14.9 Å². The average molecular weight is 355 g/mol. The fourth-order valence-electron chi connectivity index (χ4n) is 2.95. The molecule has 1 amide bonds. The summed E-state index contributed by atoms with van der Waals surface area (Å²) in [7, 11) is 0. The molecule has 1 aliphatic heterocycles. The SMILES string of the molecule is Cc1ccc(C)c(NC(=O)c2ccc(N3CCOCC3)c([N+](=O)[O-])c2)c1. The van der Waals surface area contributed by atoms with Gasteiger partial charge in [-0.1, -0.05) is 12.1 Å². The molecule has 0 aromatic heterocycles. The number of ether oxygens (including phenoxy) is 1. The first-order valence-electron chi connectivity index (χ1n) is 8.45. The normalized spacial score (nSPS) is 14.2. The number of nitrogens with zero attached hydrogens (tertiary/aromatic N) is 2. The van der Waals surface area contributed by atoms with E-state index < -0.39 is 4.92 Å². The predicted octanol–water partition coefficient (Wildman–Crippen LogP) is 3.30. The molecule has 0 radical (unpaired) electrons. The molecule has 7 nitrogen and oxygen atoms in total. The zero-order valence-corrected chi connectivity index (χ0v) is 14.8. The maximum Gasteiger partial charge on any atom is 0.293 e. The van der Waals surface area contributed by atoms with Gasteiger partial charge in [-0.15, -0.1) is 0 Å². The fourth-order valence-corrected chi connectivity index (χ4v) is 2.95. The minimum atomic E-state index is -0.445. The fraction of sp³-hybridized carbons (Fsp3) is 0.316. The van der Waals surface area contributed by atoms with Crippen LogP contribution < -0.4 is 10.2 Å². The predicted molar refractivity (Wildman–Crippen MR) is 100.0 cm³/mol. The highest BCUT2D eigenvalue weighted by Gasteiger charge is 2.23. The Labute approximate surface area is 151 Å². The van der Waals surface area contributed by atoms with Crippen molar-refractivity contribution in [1.29, 1.82) is 0 Å². The minimum absolute atomic E-state index is 0.0690. The van der Waals surface area contributed by atoms with Crippen LogP contribution in [0.5, 0.6) is 0 Å². The monoisotopic (exact) mass is 355 g/mol. The molecule has 26 heavy (non-hydrogen) atoms. The van der Waals surface area contributed by atoms with Gasteiger partial charge in [-0.2, -0.15) is 0 Å². The summed E-state index contributed by atoms with van der Waals surface area (Å²) in [6, 6.07) is 10.4. The number of hydrogen-bond acceptors (Lipinski definition) is 5. The van der Waals surface area contributed by atoms with E-state index in [2.05, 4.69) is 5.32 Å². The molecule has 1 aliphatic rings. The quantitative estimate of drug-likeness (QED) is 0.672. The molecular formula is C19H21N3O4. The Hall–Kier alpha value is -2.93. The summed E-state index contributed by atoms with van der Waals surface area (Å²) in [5.74, 6) is -0.365. The number of rotatable bonds is 4. The van der Waals surface area contributed by atoms with Gasteiger partial charge in [-0.25, -0.2) is 0 Å². The molecule has 3 rings (SSSR count). The lowest BCUT2D eigenvalue weighted by Crippen LogP contribution is -2.36. The number of hydrogen-bond donors (Lipinski definition) is 1. The molecular weight excluding hydrogens is 334 g/mol. The molecule has 0 bridgehead atoms. The topological polar surface area (TPSA) is 84.7 Å². The van der Waals surface area contributed by atoms with Crippen LogP contribution in [0.15, 0.2) is 36.4 Å². The number of nitro benzene ring substituents is 1. The number of carbonyl (C=O) groups is 1. The second kappa shape index (κ2) is 7.53. The van der Waals surface area contributed by atoms with E-state index in [1.165, 1.54) is 6.07 Å². The Bertz CT molecular complexity index is 845. The number of amides is 1. The first kappa shape index (κ1) is 17.9. The van der Waals surface area contributed by atoms with Crippen LogP contribution in [0.25, 0.3) is 0 Å². The number of anilines is 2. The number of morpholine rings is 1. The Morgan fingerprint density at radius 2 is 1.88 bits per heavy atom. The second-order valence-corrected chi connectivity index (χ2v) is 6.33. The lowest BCUT2D eigenvalue weighted by atomic mass is 10.1. The summed E-state index contributed by atoms with van der Waals surface area (Å²) in [4.78, 5) is 25.6. The Balaban J connectivity index is 1.88. The number of carbonyl (C=O) groups excluding carboxylic acids is 1. The van der Waals surface area contributed by atoms with Crippen molar-refractivity contribution >= 4 is 23.0 Å². The van der Waals surface area contributed by atoms with E-state index in [0.717, 1.165) is 11.1 Å². The summed E-state index contributed by atoms with van der Waals surface area (Å²) >= 11 is 0. The molecule has 0 aliphatic carbocycles. The molecule has 0 spiro atoms. The van der Waals surface area contributed by atoms with Gasteiger partial charge in [0.25, 0.3) is 11.6 Å². The summed E-state index contributed by atoms with van der Waals surface area (Å²) in [6.07, 6.45) is 0. The van der Waals surface area contributed by atoms with E-state index in [9.17, 15) is 14.9 Å². The first-order chi connectivity index (χ1) is 12.5. The Morgan fingerprint density at radius 1 is 1.15 bits per heavy atom. The lowest BCUT2D eigenvalue weighted by molar-refractivity contribution is -0.384. The highest BCUT2D eigenvalue weighted by molar-refractivity contribution is 6.05. The van der Waals surface area contributed by atoms with Gasteiger partial charge in [0.05, 0.1) is 18.1 Å². The third kappa shape index (κ3) is 3.83. The van der Waals surface area contributed by atoms with Crippen LogP contribution in [-0.2, 0) is 4.74 Å². The molecule has 1 heterocycles. The third-order valence-electron chi connectivity index (χ3n) is 4.43. The van der Waals surface area contributed by atoms with Crippen molar-refractivity contribution < 1.29 is 14.5 Å². The van der Waals surface area contributed by atoms with E-state index in [1.807, 2.05) is 36.9 Å². The molecule has 0 atom stereocenters. The van der Waals surface area contributed by atoms with E-state index >= 15 is 0 Å². The molecule has 136 valence electrons. The highest BCUT2D eigenvalue weighted by atomic mass is 16.6. The van der Waals surface area contributed by atoms with Gasteiger partial charge in [0, 0.05) is 30.4 Å². The summed E-state index contributed by atoms with van der Waals surface area (Å²) in [5.41, 5.74) is 3.37. The van der Waals surface area contributed by atoms with E-state index in [-0.39, 0.29) is 17.2 Å². The molecule has 2 aromatic carbocycles. The van der Waals surface area contributed by atoms with Gasteiger partial charge in [0.15, 0.2) is 0 Å². The lowest BCUT2D eigenvalue weighted by Gasteiger charge is -2.28. The van der Waals surface area contributed by atoms with Crippen molar-refractivity contribution in [3.8, 4) is 0 Å². The van der Waals surface area contributed by atoms with Crippen LogP contribution in [0, 0.1) is 24.0 Å². The standard InChI is InChI=1S/C19H21N3O4/c1-13-3-4-14(2)16(11-13)20-19(23)15-5-6-17(18(12-15)22(24)25)21-7-9-26-10-8-21/h3-6,11-12H,7-10H2,1-2H3,(H,20,23). The van der Waals surface area contributed by atoms with Crippen LogP contribution in [0.4, 0.5) is 17.1 Å². The van der Waals surface area contributed by atoms with Crippen LogP contribution in [0.1, 0.15) is 21.5 Å². The average Bonchev–Trinajstić information content (AvgIpc) is 2.65. The summed E-state index contributed by atoms with van der Waals surface area (Å²) < 4.78 is 5.30. The van der Waals surface area contributed by atoms with Crippen molar-refractivity contribution in [2.75, 3.05) is 36.5 Å². The Morgan fingerprint density at radius 3 is 2.58 bits per heavy atom. The van der Waals surface area contributed by atoms with Gasteiger partial charge in [0.2, 0.25) is 0 Å². The van der Waals surface area contributed by atoms with Crippen molar-refractivity contribution in [2.45, 2.75) is 13.8 Å². The number of nitro groups is 1. The van der Waals surface area contributed by atoms with Crippen LogP contribution in [0.3, 0.4) is 0 Å². The smallest absolute Gasteiger partial charge is 0.293 e. The molecule has 0 saturated carbocycles. The molecule has 1 fully saturated rings. The Kier molecular flexibility index (Phi) is 5.18. The molecule has 2 aromatic rings. The zero-order valence-electron chi connectivity index (χ0n) is 14.8. The third-order valence-corrected chi connectivity index (χ3v) is 4.43. The van der Waals surface area contributed by atoms with E-state index in [0.29, 0.717) is 37.7 Å². The number of aryl methyl sites for hydroxylation is 2. The highest BCUT2D eigenvalue weighted by Crippen LogP contribution is 2.30. The zero-order chi connectivity index (χ0) is 18.7. The van der Waals surface area contributed by atoms with Gasteiger partial charge in [-0.05, 0) is 43.2 Å². The summed E-state index contributed by atoms with van der Waals surface area (Å²) in [5, 5.41) is 14.3. The van der Waals surface area contributed by atoms with Crippen LogP contribution >= 0.6 is 0 Å². The first-order valence-corrected chi connectivity index (χ1v) is 8.45. The van der Waals surface area contributed by atoms with Crippen molar-refractivity contribution in [2.24, 2.45) is 0 Å². The molecule has 7 heteroatoms. The second-order valence-electron chi connectivity index (χ2n) is 6.33. The molecule has 0 unspecified atom stereocenters. The van der Waals surface area contributed by atoms with Gasteiger partial charge < -0.3 is 15.0 Å². The summed E-state index contributed by atoms with van der Waals surface area (Å²) in [6.45, 7) is 6.10. The number of benzene rings is 2. The van der Waals surface area contributed by atoms with Crippen LogP contribution in [0.2, 0.25) is 0 Å². The molecule has 1 N–H and O–H groups in total. The van der Waals surface area contributed by atoms with Crippen molar-refractivity contribution in [3.05, 3.63) is 63.2 Å². The van der Waals surface area contributed by atoms with Gasteiger partial charge in [0.1, 0.15) is 5.69 Å². The molecule has 1 saturated heterocycles. The maximum atomic E-state index is 12.6. The largest absolute Gasteiger partial charge is 0.378 e. The maximum absolute atomic E-state index is 12.6. The van der Waals surface area contributed by atoms with Crippen LogP contribution in [-0.4, -0.2) is 37.1 Å². The van der Waals surface area contributed by atoms with E-state index in [4.69, 9.17) is 4.74 Å². The van der Waals surface area contributed by atoms with Crippen molar-refractivity contribution in [3.63, 3.8) is 0 Å². The van der Waals surface area contributed by atoms with Gasteiger partial charge >= 0.3 is 0 Å². The minimum Gasteiger partial charge on any atom is -0.378 e. The number of nitrogens with one attached hydrogen (secondary N) is 1.